The third-order valence-electron chi connectivity index (χ3n) is 6.81. The van der Waals surface area contributed by atoms with Crippen LogP contribution in [0.1, 0.15) is 62.3 Å². The van der Waals surface area contributed by atoms with Crippen molar-refractivity contribution in [1.82, 2.24) is 0 Å². The highest BCUT2D eigenvalue weighted by atomic mass is 16.9. The number of rotatable bonds is 6. The molecule has 3 aliphatic heterocycles. The fraction of sp³-hybridized carbons (Fsp3) is 0.917. The summed E-state index contributed by atoms with van der Waals surface area (Å²) in [4.78, 5) is 23.2. The van der Waals surface area contributed by atoms with Crippen LogP contribution >= 0.6 is 0 Å². The number of ether oxygens (including phenoxy) is 8. The Kier molecular flexibility index (Phi) is 10.3. The summed E-state index contributed by atoms with van der Waals surface area (Å²) >= 11 is 0. The van der Waals surface area contributed by atoms with E-state index in [0.29, 0.717) is 0 Å². The van der Waals surface area contributed by atoms with E-state index in [0.717, 1.165) is 0 Å². The highest BCUT2D eigenvalue weighted by molar-refractivity contribution is 5.66. The Hall–Kier alpha value is -1.30. The lowest BCUT2D eigenvalue weighted by atomic mass is 9.83. The number of carbonyl (C=O) groups excluding carboxylic acids is 2. The highest BCUT2D eigenvalue weighted by Gasteiger charge is 2.57. The summed E-state index contributed by atoms with van der Waals surface area (Å²) in [7, 11) is 1.49. The van der Waals surface area contributed by atoms with Crippen LogP contribution in [-0.2, 0) is 47.5 Å². The summed E-state index contributed by atoms with van der Waals surface area (Å²) in [6.45, 7) is 16.3. The Morgan fingerprint density at radius 1 is 0.882 bits per heavy atom. The van der Waals surface area contributed by atoms with Gasteiger partial charge in [-0.3, -0.25) is 14.3 Å². The zero-order valence-corrected chi connectivity index (χ0v) is 22.1. The lowest BCUT2D eigenvalue weighted by molar-refractivity contribution is -0.334. The summed E-state index contributed by atoms with van der Waals surface area (Å²) in [6, 6.07) is 0. The van der Waals surface area contributed by atoms with E-state index >= 15 is 0 Å². The monoisotopic (exact) mass is 490 g/mol. The van der Waals surface area contributed by atoms with Gasteiger partial charge in [-0.05, 0) is 12.8 Å². The molecule has 0 aliphatic carbocycles. The van der Waals surface area contributed by atoms with Gasteiger partial charge in [-0.25, -0.2) is 0 Å². The zero-order valence-electron chi connectivity index (χ0n) is 22.1. The Labute approximate surface area is 202 Å². The minimum atomic E-state index is -1.26. The first-order valence-electron chi connectivity index (χ1n) is 12.1. The molecule has 0 saturated carbocycles. The molecule has 10 heteroatoms. The molecule has 198 valence electrons. The van der Waals surface area contributed by atoms with Gasteiger partial charge in [0.25, 0.3) is 5.97 Å². The van der Waals surface area contributed by atoms with Crippen molar-refractivity contribution in [2.45, 2.75) is 111 Å². The van der Waals surface area contributed by atoms with E-state index in [2.05, 4.69) is 0 Å². The van der Waals surface area contributed by atoms with Crippen LogP contribution in [0.3, 0.4) is 0 Å². The summed E-state index contributed by atoms with van der Waals surface area (Å²) in [5.74, 6) is -2.31. The molecule has 0 aromatic rings. The van der Waals surface area contributed by atoms with Gasteiger partial charge in [-0.2, -0.15) is 0 Å². The Morgan fingerprint density at radius 3 is 2.09 bits per heavy atom. The molecule has 5 unspecified atom stereocenters. The van der Waals surface area contributed by atoms with Crippen molar-refractivity contribution in [2.75, 3.05) is 13.7 Å². The molecule has 0 N–H and O–H groups in total. The van der Waals surface area contributed by atoms with Gasteiger partial charge in [-0.1, -0.05) is 34.6 Å². The van der Waals surface area contributed by atoms with Crippen molar-refractivity contribution in [3.05, 3.63) is 0 Å². The lowest BCUT2D eigenvalue weighted by Gasteiger charge is -2.47. The molecule has 34 heavy (non-hydrogen) atoms. The second-order valence-electron chi connectivity index (χ2n) is 9.07. The van der Waals surface area contributed by atoms with Crippen molar-refractivity contribution in [3.8, 4) is 0 Å². The lowest BCUT2D eigenvalue weighted by Crippen LogP contribution is -2.59. The average Bonchev–Trinajstić information content (AvgIpc) is 3.12. The van der Waals surface area contributed by atoms with Gasteiger partial charge >= 0.3 is 11.9 Å². The van der Waals surface area contributed by atoms with E-state index in [-0.39, 0.29) is 30.5 Å². The van der Waals surface area contributed by atoms with Crippen molar-refractivity contribution in [1.29, 1.82) is 0 Å². The quantitative estimate of drug-likeness (QED) is 0.516. The molecule has 10 nitrogen and oxygen atoms in total. The first kappa shape index (κ1) is 28.9. The van der Waals surface area contributed by atoms with Crippen LogP contribution in [0, 0.1) is 17.8 Å². The predicted octanol–water partition coefficient (Wildman–Crippen LogP) is 3.01. The van der Waals surface area contributed by atoms with E-state index in [9.17, 15) is 9.59 Å². The Bertz CT molecular complexity index is 685. The molecule has 0 aromatic carbocycles. The van der Waals surface area contributed by atoms with Crippen LogP contribution < -0.4 is 0 Å². The smallest absolute Gasteiger partial charge is 0.303 e. The SMILES string of the molecule is CC.COC1(C)OC2[C@H](OC(C)[C@H](C)[C@@H]2O[C@H]2O[C@@H](COC(C)=O)[C@@H](C)C(C)C2OC(C)=O)O1. The summed E-state index contributed by atoms with van der Waals surface area (Å²) in [6.07, 6.45) is -3.88. The van der Waals surface area contributed by atoms with Crippen LogP contribution in [0.2, 0.25) is 0 Å². The molecule has 0 bridgehead atoms. The molecule has 3 heterocycles. The van der Waals surface area contributed by atoms with Gasteiger partial charge in [0.15, 0.2) is 18.7 Å². The number of carbonyl (C=O) groups is 2. The van der Waals surface area contributed by atoms with E-state index in [4.69, 9.17) is 37.9 Å². The molecule has 3 saturated heterocycles. The maximum atomic E-state index is 11.8. The van der Waals surface area contributed by atoms with Crippen LogP contribution in [0.5, 0.6) is 0 Å². The third-order valence-corrected chi connectivity index (χ3v) is 6.81. The summed E-state index contributed by atoms with van der Waals surface area (Å²) < 4.78 is 46.6. The van der Waals surface area contributed by atoms with Crippen molar-refractivity contribution in [3.63, 3.8) is 0 Å². The van der Waals surface area contributed by atoms with Gasteiger partial charge in [0.05, 0.1) is 18.3 Å². The second-order valence-corrected chi connectivity index (χ2v) is 9.07. The summed E-state index contributed by atoms with van der Waals surface area (Å²) in [5, 5.41) is 0. The van der Waals surface area contributed by atoms with Gasteiger partial charge < -0.3 is 33.2 Å². The van der Waals surface area contributed by atoms with E-state index in [1.54, 1.807) is 6.92 Å². The van der Waals surface area contributed by atoms with Crippen LogP contribution in [0.25, 0.3) is 0 Å². The maximum absolute atomic E-state index is 11.8. The van der Waals surface area contributed by atoms with E-state index in [1.807, 2.05) is 41.5 Å². The van der Waals surface area contributed by atoms with E-state index in [1.165, 1.54) is 21.0 Å². The molecule has 0 amide bonds. The van der Waals surface area contributed by atoms with Crippen molar-refractivity contribution < 1.29 is 47.5 Å². The molecule has 3 aliphatic rings. The molecule has 0 spiro atoms. The molecular weight excluding hydrogens is 448 g/mol. The van der Waals surface area contributed by atoms with Gasteiger partial charge in [-0.15, -0.1) is 0 Å². The fourth-order valence-electron chi connectivity index (χ4n) is 4.40. The van der Waals surface area contributed by atoms with Crippen LogP contribution in [0.15, 0.2) is 0 Å². The highest BCUT2D eigenvalue weighted by Crippen LogP contribution is 2.42. The standard InChI is InChI=1S/C22H36O10.C2H6/c1-10-11(2)18(28-15(6)24)20(29-16(10)9-26-14(5)23)30-17-12(3)13(4)27-21-19(17)31-22(7,25-8)32-21;1-2/h10-13,16-21H,9H2,1-8H3;1-2H3/t10-,11?,12-,13?,16-,17-,18?,19?,20+,21+,22?;/m0./s1. The van der Waals surface area contributed by atoms with Crippen LogP contribution in [0.4, 0.5) is 0 Å². The number of esters is 2. The number of hydrogen-bond acceptors (Lipinski definition) is 10. The molecule has 0 aromatic heterocycles. The molecule has 3 fully saturated rings. The first-order chi connectivity index (χ1) is 16.0. The Morgan fingerprint density at radius 2 is 1.53 bits per heavy atom. The first-order valence-corrected chi connectivity index (χ1v) is 12.1. The molecule has 11 atom stereocenters. The van der Waals surface area contributed by atoms with Gasteiger partial charge in [0, 0.05) is 39.7 Å². The number of fused-ring (bicyclic) bond motifs is 1. The molecule has 0 radical (unpaired) electrons. The molecular formula is C24H42O10. The van der Waals surface area contributed by atoms with E-state index < -0.39 is 54.9 Å². The number of hydrogen-bond donors (Lipinski definition) is 0. The van der Waals surface area contributed by atoms with Gasteiger partial charge in [0.2, 0.25) is 0 Å². The second kappa shape index (κ2) is 12.1. The minimum absolute atomic E-state index is 0.0415. The predicted molar refractivity (Wildman–Crippen MR) is 120 cm³/mol. The minimum Gasteiger partial charge on any atom is -0.463 e. The van der Waals surface area contributed by atoms with Crippen molar-refractivity contribution >= 4 is 11.9 Å². The third kappa shape index (κ3) is 6.47. The van der Waals surface area contributed by atoms with Crippen molar-refractivity contribution in [2.24, 2.45) is 17.8 Å². The maximum Gasteiger partial charge on any atom is 0.303 e. The fourth-order valence-corrected chi connectivity index (χ4v) is 4.40. The molecule has 3 rings (SSSR count). The number of methoxy groups -OCH3 is 1. The topological polar surface area (TPSA) is 108 Å². The Balaban J connectivity index is 0.00000199. The summed E-state index contributed by atoms with van der Waals surface area (Å²) in [5.41, 5.74) is 0. The largest absolute Gasteiger partial charge is 0.463 e. The normalized spacial score (nSPS) is 43.8. The van der Waals surface area contributed by atoms with Crippen LogP contribution in [-0.4, -0.2) is 74.7 Å². The zero-order chi connectivity index (χ0) is 25.8. The van der Waals surface area contributed by atoms with Gasteiger partial charge in [0.1, 0.15) is 12.7 Å². The average molecular weight is 491 g/mol.